The zero-order chi connectivity index (χ0) is 13.9. The molecule has 0 atom stereocenters. The van der Waals surface area contributed by atoms with Crippen LogP contribution in [-0.2, 0) is 0 Å². The Morgan fingerprint density at radius 1 is 1.20 bits per heavy atom. The summed E-state index contributed by atoms with van der Waals surface area (Å²) < 4.78 is 7.33. The first-order chi connectivity index (χ1) is 9.78. The van der Waals surface area contributed by atoms with Crippen LogP contribution in [0.15, 0.2) is 48.8 Å². The summed E-state index contributed by atoms with van der Waals surface area (Å²) in [6.45, 7) is 0.310. The molecule has 3 rings (SSSR count). The van der Waals surface area contributed by atoms with Crippen molar-refractivity contribution in [1.29, 1.82) is 0 Å². The molecule has 2 heterocycles. The van der Waals surface area contributed by atoms with Gasteiger partial charge < -0.3 is 15.6 Å². The van der Waals surface area contributed by atoms with Crippen molar-refractivity contribution in [3.05, 3.63) is 48.8 Å². The fraction of sp³-hybridized carbons (Fsp3) is 0.133. The summed E-state index contributed by atoms with van der Waals surface area (Å²) in [6.07, 6.45) is 3.72. The smallest absolute Gasteiger partial charge is 0.139 e. The Kier molecular flexibility index (Phi) is 3.26. The zero-order valence-electron chi connectivity index (χ0n) is 10.9. The number of fused-ring (bicyclic) bond motifs is 1. The Morgan fingerprint density at radius 3 is 2.75 bits per heavy atom. The summed E-state index contributed by atoms with van der Waals surface area (Å²) >= 11 is 0. The Hall–Kier alpha value is -2.53. The van der Waals surface area contributed by atoms with E-state index in [0.29, 0.717) is 12.3 Å². The van der Waals surface area contributed by atoms with Crippen LogP contribution in [0.5, 0.6) is 5.75 Å². The second kappa shape index (κ2) is 5.22. The summed E-state index contributed by atoms with van der Waals surface area (Å²) in [6, 6.07) is 11.4. The summed E-state index contributed by atoms with van der Waals surface area (Å²) in [5.41, 5.74) is 9.30. The minimum absolute atomic E-state index is 0.0104. The van der Waals surface area contributed by atoms with E-state index in [1.54, 1.807) is 0 Å². The van der Waals surface area contributed by atoms with E-state index in [9.17, 15) is 0 Å². The molecule has 2 aromatic heterocycles. The highest BCUT2D eigenvalue weighted by Gasteiger charge is 2.06. The van der Waals surface area contributed by atoms with E-state index >= 15 is 0 Å². The van der Waals surface area contributed by atoms with Gasteiger partial charge in [0.15, 0.2) is 0 Å². The second-order valence-electron chi connectivity index (χ2n) is 4.43. The van der Waals surface area contributed by atoms with Gasteiger partial charge in [-0.1, -0.05) is 0 Å². The molecule has 0 aliphatic rings. The largest absolute Gasteiger partial charge is 0.491 e. The average molecular weight is 269 g/mol. The van der Waals surface area contributed by atoms with E-state index < -0.39 is 0 Å². The molecule has 20 heavy (non-hydrogen) atoms. The normalized spacial score (nSPS) is 10.8. The second-order valence-corrected chi connectivity index (χ2v) is 4.43. The number of aliphatic hydroxyl groups is 1. The van der Waals surface area contributed by atoms with Gasteiger partial charge in [-0.05, 0) is 30.3 Å². The van der Waals surface area contributed by atoms with Crippen molar-refractivity contribution >= 4 is 11.3 Å². The van der Waals surface area contributed by atoms with Crippen LogP contribution >= 0.6 is 0 Å². The SMILES string of the molecule is Nc1ccn2c(-c3ccc(OCCO)cc3)cnc2c1. The van der Waals surface area contributed by atoms with E-state index in [1.807, 2.05) is 53.2 Å². The van der Waals surface area contributed by atoms with Crippen molar-refractivity contribution in [3.8, 4) is 17.0 Å². The van der Waals surface area contributed by atoms with Crippen molar-refractivity contribution < 1.29 is 9.84 Å². The van der Waals surface area contributed by atoms with E-state index in [0.717, 1.165) is 22.7 Å². The van der Waals surface area contributed by atoms with Crippen molar-refractivity contribution in [2.24, 2.45) is 0 Å². The molecule has 0 radical (unpaired) electrons. The number of nitrogens with two attached hydrogens (primary N) is 1. The molecule has 0 saturated carbocycles. The Morgan fingerprint density at radius 2 is 2.00 bits per heavy atom. The lowest BCUT2D eigenvalue weighted by Gasteiger charge is -2.06. The number of hydrogen-bond acceptors (Lipinski definition) is 4. The van der Waals surface area contributed by atoms with Gasteiger partial charge in [-0.25, -0.2) is 4.98 Å². The van der Waals surface area contributed by atoms with Crippen LogP contribution in [0.2, 0.25) is 0 Å². The van der Waals surface area contributed by atoms with Gasteiger partial charge in [0.05, 0.1) is 18.5 Å². The highest BCUT2D eigenvalue weighted by Crippen LogP contribution is 2.24. The van der Waals surface area contributed by atoms with Crippen molar-refractivity contribution in [3.63, 3.8) is 0 Å². The highest BCUT2D eigenvalue weighted by atomic mass is 16.5. The van der Waals surface area contributed by atoms with E-state index in [4.69, 9.17) is 15.6 Å². The van der Waals surface area contributed by atoms with Crippen molar-refractivity contribution in [2.75, 3.05) is 18.9 Å². The summed E-state index contributed by atoms with van der Waals surface area (Å²) in [4.78, 5) is 4.35. The fourth-order valence-electron chi connectivity index (χ4n) is 2.10. The number of imidazole rings is 1. The lowest BCUT2D eigenvalue weighted by atomic mass is 10.1. The van der Waals surface area contributed by atoms with Crippen LogP contribution in [0.25, 0.3) is 16.9 Å². The molecular weight excluding hydrogens is 254 g/mol. The van der Waals surface area contributed by atoms with Gasteiger partial charge in [0.2, 0.25) is 0 Å². The van der Waals surface area contributed by atoms with Gasteiger partial charge in [0.25, 0.3) is 0 Å². The molecule has 3 N–H and O–H groups in total. The molecule has 0 fully saturated rings. The number of nitrogen functional groups attached to an aromatic ring is 1. The Labute approximate surface area is 116 Å². The third-order valence-electron chi connectivity index (χ3n) is 3.05. The topological polar surface area (TPSA) is 72.8 Å². The molecular formula is C15H15N3O2. The van der Waals surface area contributed by atoms with E-state index in [1.165, 1.54) is 0 Å². The first-order valence-corrected chi connectivity index (χ1v) is 6.34. The van der Waals surface area contributed by atoms with Crippen molar-refractivity contribution in [2.45, 2.75) is 0 Å². The average Bonchev–Trinajstić information content (AvgIpc) is 2.88. The predicted molar refractivity (Wildman–Crippen MR) is 77.6 cm³/mol. The third kappa shape index (κ3) is 2.31. The summed E-state index contributed by atoms with van der Waals surface area (Å²) in [7, 11) is 0. The van der Waals surface area contributed by atoms with Gasteiger partial charge in [-0.3, -0.25) is 4.40 Å². The molecule has 0 bridgehead atoms. The minimum Gasteiger partial charge on any atom is -0.491 e. The number of ether oxygens (including phenoxy) is 1. The van der Waals surface area contributed by atoms with E-state index in [2.05, 4.69) is 4.98 Å². The molecule has 3 aromatic rings. The maximum Gasteiger partial charge on any atom is 0.139 e. The number of aromatic nitrogens is 2. The summed E-state index contributed by atoms with van der Waals surface area (Å²) in [5, 5.41) is 8.73. The number of nitrogens with zero attached hydrogens (tertiary/aromatic N) is 2. The number of rotatable bonds is 4. The van der Waals surface area contributed by atoms with Crippen LogP contribution in [0.1, 0.15) is 0 Å². The lowest BCUT2D eigenvalue weighted by molar-refractivity contribution is 0.201. The molecule has 102 valence electrons. The number of hydrogen-bond donors (Lipinski definition) is 2. The quantitative estimate of drug-likeness (QED) is 0.759. The number of benzene rings is 1. The van der Waals surface area contributed by atoms with Gasteiger partial charge in [-0.15, -0.1) is 0 Å². The van der Waals surface area contributed by atoms with Crippen LogP contribution in [0.3, 0.4) is 0 Å². The van der Waals surface area contributed by atoms with Gasteiger partial charge in [0, 0.05) is 23.5 Å². The molecule has 0 aliphatic carbocycles. The summed E-state index contributed by atoms with van der Waals surface area (Å²) in [5.74, 6) is 0.737. The monoisotopic (exact) mass is 269 g/mol. The molecule has 0 amide bonds. The van der Waals surface area contributed by atoms with Gasteiger partial charge >= 0.3 is 0 Å². The highest BCUT2D eigenvalue weighted by molar-refractivity contribution is 5.66. The Bertz CT molecular complexity index is 720. The minimum atomic E-state index is 0.0104. The third-order valence-corrected chi connectivity index (χ3v) is 3.05. The molecule has 0 spiro atoms. The first kappa shape index (κ1) is 12.5. The van der Waals surface area contributed by atoms with Crippen LogP contribution < -0.4 is 10.5 Å². The van der Waals surface area contributed by atoms with Crippen molar-refractivity contribution in [1.82, 2.24) is 9.38 Å². The maximum atomic E-state index is 8.73. The van der Waals surface area contributed by atoms with Crippen LogP contribution in [0.4, 0.5) is 5.69 Å². The van der Waals surface area contributed by atoms with Crippen LogP contribution in [0, 0.1) is 0 Å². The van der Waals surface area contributed by atoms with Gasteiger partial charge in [-0.2, -0.15) is 0 Å². The molecule has 0 aliphatic heterocycles. The number of aliphatic hydroxyl groups excluding tert-OH is 1. The standard InChI is InChI=1S/C15H15N3O2/c16-12-5-6-18-14(10-17-15(18)9-12)11-1-3-13(4-2-11)20-8-7-19/h1-6,9-10,19H,7-8,16H2. The predicted octanol–water partition coefficient (Wildman–Crippen LogP) is 1.95. The van der Waals surface area contributed by atoms with Gasteiger partial charge in [0.1, 0.15) is 18.0 Å². The maximum absolute atomic E-state index is 8.73. The van der Waals surface area contributed by atoms with Crippen LogP contribution in [-0.4, -0.2) is 27.7 Å². The molecule has 5 nitrogen and oxygen atoms in total. The van der Waals surface area contributed by atoms with E-state index in [-0.39, 0.29) is 6.61 Å². The zero-order valence-corrected chi connectivity index (χ0v) is 10.9. The number of pyridine rings is 1. The first-order valence-electron chi connectivity index (χ1n) is 6.34. The molecule has 0 unspecified atom stereocenters. The molecule has 5 heteroatoms. The molecule has 0 saturated heterocycles. The fourth-order valence-corrected chi connectivity index (χ4v) is 2.10. The molecule has 1 aromatic carbocycles. The number of anilines is 1. The lowest BCUT2D eigenvalue weighted by Crippen LogP contribution is -2.01. The Balaban J connectivity index is 1.94.